The fourth-order valence-corrected chi connectivity index (χ4v) is 1.81. The Morgan fingerprint density at radius 2 is 2.15 bits per heavy atom. The van der Waals surface area contributed by atoms with Gasteiger partial charge in [0.15, 0.2) is 0 Å². The largest absolute Gasteiger partial charge is 0.478 e. The summed E-state index contributed by atoms with van der Waals surface area (Å²) in [7, 11) is 0. The number of hydrogen-bond donors (Lipinski definition) is 3. The number of nitrogens with zero attached hydrogens (tertiary/aromatic N) is 2. The topological polar surface area (TPSA) is 108 Å². The van der Waals surface area contributed by atoms with Gasteiger partial charge in [-0.25, -0.2) is 9.78 Å². The molecule has 2 aromatic heterocycles. The zero-order valence-corrected chi connectivity index (χ0v) is 11.1. The van der Waals surface area contributed by atoms with Gasteiger partial charge >= 0.3 is 5.97 Å². The molecule has 20 heavy (non-hydrogen) atoms. The second-order valence-electron chi connectivity index (χ2n) is 4.37. The van der Waals surface area contributed by atoms with Gasteiger partial charge in [-0.1, -0.05) is 0 Å². The van der Waals surface area contributed by atoms with Crippen LogP contribution in [0.4, 0.5) is 5.82 Å². The maximum absolute atomic E-state index is 11.9. The van der Waals surface area contributed by atoms with Crippen LogP contribution in [0.2, 0.25) is 0 Å². The summed E-state index contributed by atoms with van der Waals surface area (Å²) in [5.74, 6) is -1.12. The van der Waals surface area contributed by atoms with Crippen molar-refractivity contribution in [1.82, 2.24) is 15.2 Å². The quantitative estimate of drug-likeness (QED) is 0.778. The van der Waals surface area contributed by atoms with Crippen LogP contribution >= 0.6 is 0 Å². The number of hydrogen-bond acceptors (Lipinski definition) is 4. The molecule has 2 aromatic rings. The fraction of sp³-hybridized carbons (Fsp3) is 0.231. The first kappa shape index (κ1) is 13.7. The van der Waals surface area contributed by atoms with E-state index in [1.54, 1.807) is 0 Å². The summed E-state index contributed by atoms with van der Waals surface area (Å²) >= 11 is 0. The summed E-state index contributed by atoms with van der Waals surface area (Å²) in [4.78, 5) is 26.7. The second kappa shape index (κ2) is 5.52. The number of aromatic nitrogens is 3. The number of anilines is 1. The Morgan fingerprint density at radius 3 is 2.75 bits per heavy atom. The number of nitrogens with one attached hydrogen (secondary N) is 2. The van der Waals surface area contributed by atoms with Gasteiger partial charge in [0.1, 0.15) is 5.82 Å². The van der Waals surface area contributed by atoms with Crippen molar-refractivity contribution in [1.29, 1.82) is 0 Å². The highest BCUT2D eigenvalue weighted by atomic mass is 16.4. The molecule has 1 amide bonds. The van der Waals surface area contributed by atoms with E-state index in [1.165, 1.54) is 18.3 Å². The van der Waals surface area contributed by atoms with Crippen molar-refractivity contribution >= 4 is 17.7 Å². The molecular weight excluding hydrogens is 260 g/mol. The number of carbonyl (C=O) groups is 2. The van der Waals surface area contributed by atoms with Crippen LogP contribution in [0.25, 0.3) is 0 Å². The zero-order valence-electron chi connectivity index (χ0n) is 11.1. The third-order valence-electron chi connectivity index (χ3n) is 2.89. The lowest BCUT2D eigenvalue weighted by atomic mass is 10.1. The lowest BCUT2D eigenvalue weighted by Gasteiger charge is -2.05. The maximum Gasteiger partial charge on any atom is 0.335 e. The third-order valence-corrected chi connectivity index (χ3v) is 2.89. The van der Waals surface area contributed by atoms with E-state index in [9.17, 15) is 9.59 Å². The van der Waals surface area contributed by atoms with E-state index in [-0.39, 0.29) is 23.7 Å². The molecule has 3 N–H and O–H groups in total. The maximum atomic E-state index is 11.9. The number of H-pyrrole nitrogens is 1. The summed E-state index contributed by atoms with van der Waals surface area (Å²) in [6.45, 7) is 3.65. The molecule has 0 aliphatic heterocycles. The number of carboxylic acid groups (broad SMARTS) is 1. The molecule has 2 rings (SSSR count). The number of carbonyl (C=O) groups excluding carboxylic acids is 1. The molecule has 0 aliphatic carbocycles. The van der Waals surface area contributed by atoms with Crippen molar-refractivity contribution in [3.05, 3.63) is 40.8 Å². The number of amides is 1. The van der Waals surface area contributed by atoms with Gasteiger partial charge in [0.05, 0.1) is 17.7 Å². The first-order valence-electron chi connectivity index (χ1n) is 5.97. The fourth-order valence-electron chi connectivity index (χ4n) is 1.81. The smallest absolute Gasteiger partial charge is 0.335 e. The normalized spacial score (nSPS) is 10.3. The van der Waals surface area contributed by atoms with E-state index in [4.69, 9.17) is 5.11 Å². The van der Waals surface area contributed by atoms with Crippen molar-refractivity contribution in [2.75, 3.05) is 5.32 Å². The SMILES string of the molecule is Cc1n[nH]c(C)c1CC(=O)Nc1cc(C(=O)O)ccn1. The molecular formula is C13H14N4O3. The molecule has 7 nitrogen and oxygen atoms in total. The minimum Gasteiger partial charge on any atom is -0.478 e. The lowest BCUT2D eigenvalue weighted by molar-refractivity contribution is -0.115. The summed E-state index contributed by atoms with van der Waals surface area (Å²) in [6.07, 6.45) is 1.50. The van der Waals surface area contributed by atoms with Gasteiger partial charge in [0.25, 0.3) is 0 Å². The van der Waals surface area contributed by atoms with Crippen molar-refractivity contribution in [2.24, 2.45) is 0 Å². The predicted octanol–water partition coefficient (Wildman–Crippen LogP) is 1.30. The summed E-state index contributed by atoms with van der Waals surface area (Å²) in [5.41, 5.74) is 2.51. The van der Waals surface area contributed by atoms with Crippen molar-refractivity contribution < 1.29 is 14.7 Å². The van der Waals surface area contributed by atoms with Crippen molar-refractivity contribution in [2.45, 2.75) is 20.3 Å². The lowest BCUT2D eigenvalue weighted by Crippen LogP contribution is -2.16. The molecule has 0 fully saturated rings. The van der Waals surface area contributed by atoms with Crippen LogP contribution in [-0.2, 0) is 11.2 Å². The van der Waals surface area contributed by atoms with Gasteiger partial charge in [0, 0.05) is 17.5 Å². The molecule has 0 saturated heterocycles. The Bertz CT molecular complexity index is 644. The third kappa shape index (κ3) is 3.00. The molecule has 0 aromatic carbocycles. The minimum atomic E-state index is -1.07. The highest BCUT2D eigenvalue weighted by molar-refractivity contribution is 5.93. The van der Waals surface area contributed by atoms with Crippen LogP contribution in [0, 0.1) is 13.8 Å². The van der Waals surface area contributed by atoms with E-state index in [1.807, 2.05) is 13.8 Å². The zero-order chi connectivity index (χ0) is 14.7. The van der Waals surface area contributed by atoms with E-state index in [0.29, 0.717) is 0 Å². The second-order valence-corrected chi connectivity index (χ2v) is 4.37. The van der Waals surface area contributed by atoms with Crippen LogP contribution in [0.5, 0.6) is 0 Å². The number of aromatic amines is 1. The molecule has 0 bridgehead atoms. The van der Waals surface area contributed by atoms with Crippen LogP contribution in [0.15, 0.2) is 18.3 Å². The van der Waals surface area contributed by atoms with E-state index in [0.717, 1.165) is 17.0 Å². The van der Waals surface area contributed by atoms with Crippen LogP contribution in [-0.4, -0.2) is 32.2 Å². The van der Waals surface area contributed by atoms with Gasteiger partial charge in [-0.3, -0.25) is 9.89 Å². The molecule has 7 heteroatoms. The van der Waals surface area contributed by atoms with Crippen molar-refractivity contribution in [3.8, 4) is 0 Å². The van der Waals surface area contributed by atoms with Gasteiger partial charge in [-0.2, -0.15) is 5.10 Å². The Kier molecular flexibility index (Phi) is 3.79. The number of carboxylic acids is 1. The molecule has 104 valence electrons. The molecule has 0 radical (unpaired) electrons. The molecule has 0 unspecified atom stereocenters. The molecule has 0 spiro atoms. The van der Waals surface area contributed by atoms with Crippen LogP contribution < -0.4 is 5.32 Å². The summed E-state index contributed by atoms with van der Waals surface area (Å²) in [6, 6.07) is 2.68. The van der Waals surface area contributed by atoms with Crippen molar-refractivity contribution in [3.63, 3.8) is 0 Å². The standard InChI is InChI=1S/C13H14N4O3/c1-7-10(8(2)17-16-7)6-12(18)15-11-5-9(13(19)20)3-4-14-11/h3-5H,6H2,1-2H3,(H,16,17)(H,19,20)(H,14,15,18). The highest BCUT2D eigenvalue weighted by Gasteiger charge is 2.12. The first-order chi connectivity index (χ1) is 9.47. The molecule has 0 saturated carbocycles. The van der Waals surface area contributed by atoms with E-state index < -0.39 is 5.97 Å². The average molecular weight is 274 g/mol. The molecule has 0 aliphatic rings. The van der Waals surface area contributed by atoms with Gasteiger partial charge < -0.3 is 10.4 Å². The number of rotatable bonds is 4. The highest BCUT2D eigenvalue weighted by Crippen LogP contribution is 2.12. The number of pyridine rings is 1. The van der Waals surface area contributed by atoms with Crippen LogP contribution in [0.1, 0.15) is 27.3 Å². The number of aryl methyl sites for hydroxylation is 2. The number of aromatic carboxylic acids is 1. The van der Waals surface area contributed by atoms with Gasteiger partial charge in [-0.15, -0.1) is 0 Å². The Hall–Kier alpha value is -2.70. The Morgan fingerprint density at radius 1 is 1.40 bits per heavy atom. The minimum absolute atomic E-state index is 0.0750. The van der Waals surface area contributed by atoms with Crippen LogP contribution in [0.3, 0.4) is 0 Å². The molecule has 0 atom stereocenters. The van der Waals surface area contributed by atoms with E-state index >= 15 is 0 Å². The molecule has 2 heterocycles. The summed E-state index contributed by atoms with van der Waals surface area (Å²) in [5, 5.41) is 18.3. The van der Waals surface area contributed by atoms with E-state index in [2.05, 4.69) is 20.5 Å². The predicted molar refractivity (Wildman–Crippen MR) is 71.6 cm³/mol. The monoisotopic (exact) mass is 274 g/mol. The van der Waals surface area contributed by atoms with Gasteiger partial charge in [-0.05, 0) is 26.0 Å². The average Bonchev–Trinajstić information content (AvgIpc) is 2.71. The summed E-state index contributed by atoms with van der Waals surface area (Å²) < 4.78 is 0. The Balaban J connectivity index is 2.09. The van der Waals surface area contributed by atoms with Gasteiger partial charge in [0.2, 0.25) is 5.91 Å². The first-order valence-corrected chi connectivity index (χ1v) is 5.97. The Labute approximate surface area is 115 Å².